The molecule has 0 bridgehead atoms. The van der Waals surface area contributed by atoms with Crippen LogP contribution < -0.4 is 16.4 Å². The summed E-state index contributed by atoms with van der Waals surface area (Å²) < 4.78 is 0. The van der Waals surface area contributed by atoms with E-state index < -0.39 is 0 Å². The number of amides is 1. The quantitative estimate of drug-likeness (QED) is 0.454. The highest BCUT2D eigenvalue weighted by Gasteiger charge is 2.15. The van der Waals surface area contributed by atoms with Crippen molar-refractivity contribution < 1.29 is 4.79 Å². The summed E-state index contributed by atoms with van der Waals surface area (Å²) in [4.78, 5) is 16.0. The van der Waals surface area contributed by atoms with Gasteiger partial charge in [-0.15, -0.1) is 0 Å². The minimum atomic E-state index is -0.372. The number of hydrogen-bond acceptors (Lipinski definition) is 4. The average molecular weight is 415 g/mol. The van der Waals surface area contributed by atoms with E-state index in [1.54, 1.807) is 6.20 Å². The van der Waals surface area contributed by atoms with Crippen LogP contribution in [0.1, 0.15) is 54.7 Å². The number of carbonyl (C=O) groups is 1. The fourth-order valence-electron chi connectivity index (χ4n) is 4.26. The Bertz CT molecular complexity index is 996. The third-order valence-electron chi connectivity index (χ3n) is 5.94. The van der Waals surface area contributed by atoms with E-state index in [4.69, 9.17) is 5.73 Å². The van der Waals surface area contributed by atoms with Crippen LogP contribution in [0.25, 0.3) is 0 Å². The average Bonchev–Trinajstić information content (AvgIpc) is 2.80. The lowest BCUT2D eigenvalue weighted by molar-refractivity contribution is -0.117. The van der Waals surface area contributed by atoms with Crippen LogP contribution in [0.4, 0.5) is 17.2 Å². The largest absolute Gasteiger partial charge is 0.381 e. The number of carbonyl (C=O) groups excluding carboxylic acids is 1. The molecule has 31 heavy (non-hydrogen) atoms. The summed E-state index contributed by atoms with van der Waals surface area (Å²) in [5.41, 5.74) is 10.7. The summed E-state index contributed by atoms with van der Waals surface area (Å²) in [6.07, 6.45) is 8.51. The lowest BCUT2D eigenvalue weighted by Crippen LogP contribution is -2.15. The maximum atomic E-state index is 11.5. The highest BCUT2D eigenvalue weighted by molar-refractivity contribution is 5.79. The number of nitrogens with zero attached hydrogens (tertiary/aromatic N) is 1. The molecule has 4 N–H and O–H groups in total. The molecule has 3 aromatic rings. The summed E-state index contributed by atoms with van der Waals surface area (Å²) in [6, 6.07) is 20.8. The summed E-state index contributed by atoms with van der Waals surface area (Å²) in [6.45, 7) is 0.659. The van der Waals surface area contributed by atoms with E-state index in [2.05, 4.69) is 52.0 Å². The summed E-state index contributed by atoms with van der Waals surface area (Å²) >= 11 is 0. The molecule has 0 spiro atoms. The zero-order valence-electron chi connectivity index (χ0n) is 17.8. The van der Waals surface area contributed by atoms with Gasteiger partial charge in [-0.05, 0) is 42.0 Å². The van der Waals surface area contributed by atoms with E-state index in [0.29, 0.717) is 12.5 Å². The van der Waals surface area contributed by atoms with Crippen molar-refractivity contribution in [2.45, 2.75) is 51.0 Å². The molecule has 5 heteroatoms. The molecule has 1 aromatic heterocycles. The Balaban J connectivity index is 1.47. The second kappa shape index (κ2) is 10.1. The molecule has 0 atom stereocenters. The Kier molecular flexibility index (Phi) is 6.82. The van der Waals surface area contributed by atoms with E-state index in [-0.39, 0.29) is 12.3 Å². The highest BCUT2D eigenvalue weighted by Crippen LogP contribution is 2.33. The molecule has 4 rings (SSSR count). The highest BCUT2D eigenvalue weighted by atomic mass is 16.1. The van der Waals surface area contributed by atoms with Crippen molar-refractivity contribution in [3.63, 3.8) is 0 Å². The predicted octanol–water partition coefficient (Wildman–Crippen LogP) is 5.51. The Hall–Kier alpha value is -3.34. The molecule has 1 saturated carbocycles. The van der Waals surface area contributed by atoms with Gasteiger partial charge in [0.2, 0.25) is 5.91 Å². The standard InChI is InChI=1S/C26H30N4O/c27-25(31)15-22-18-29-26(16-24(22)28-17-19-7-3-1-4-8-19)30-23-13-11-21(12-14-23)20-9-5-2-6-10-20/h1,3-4,7-8,11-14,16,18,20H,2,5-6,9-10,15,17H2,(H2,27,31)(H2,28,29,30). The molecule has 5 nitrogen and oxygen atoms in total. The first-order valence-electron chi connectivity index (χ1n) is 11.1. The van der Waals surface area contributed by atoms with Crippen LogP contribution in [-0.4, -0.2) is 10.9 Å². The Morgan fingerprint density at radius 1 is 1.00 bits per heavy atom. The van der Waals surface area contributed by atoms with Crippen LogP contribution in [0.3, 0.4) is 0 Å². The minimum absolute atomic E-state index is 0.153. The molecule has 1 aliphatic carbocycles. The van der Waals surface area contributed by atoms with E-state index in [0.717, 1.165) is 28.3 Å². The monoisotopic (exact) mass is 414 g/mol. The van der Waals surface area contributed by atoms with E-state index in [9.17, 15) is 4.79 Å². The number of benzene rings is 2. The molecule has 2 aromatic carbocycles. The van der Waals surface area contributed by atoms with Gasteiger partial charge in [0.25, 0.3) is 0 Å². The SMILES string of the molecule is NC(=O)Cc1cnc(Nc2ccc(C3CCCCC3)cc2)cc1NCc1ccccc1. The van der Waals surface area contributed by atoms with Gasteiger partial charge in [-0.25, -0.2) is 4.98 Å². The van der Waals surface area contributed by atoms with Crippen LogP contribution in [0.15, 0.2) is 66.9 Å². The summed E-state index contributed by atoms with van der Waals surface area (Å²) in [5.74, 6) is 1.06. The maximum Gasteiger partial charge on any atom is 0.221 e. The molecule has 1 fully saturated rings. The fourth-order valence-corrected chi connectivity index (χ4v) is 4.26. The Labute approximate surface area is 184 Å². The first-order chi connectivity index (χ1) is 15.2. The van der Waals surface area contributed by atoms with Crippen molar-refractivity contribution >= 4 is 23.1 Å². The second-order valence-electron chi connectivity index (χ2n) is 8.29. The fraction of sp³-hybridized carbons (Fsp3) is 0.308. The van der Waals surface area contributed by atoms with Crippen molar-refractivity contribution in [2.24, 2.45) is 5.73 Å². The number of hydrogen-bond donors (Lipinski definition) is 3. The molecule has 0 aliphatic heterocycles. The Morgan fingerprint density at radius 3 is 2.45 bits per heavy atom. The number of pyridine rings is 1. The van der Waals surface area contributed by atoms with E-state index in [1.807, 2.05) is 24.3 Å². The van der Waals surface area contributed by atoms with Gasteiger partial charge in [0.05, 0.1) is 6.42 Å². The number of aromatic nitrogens is 1. The maximum absolute atomic E-state index is 11.5. The lowest BCUT2D eigenvalue weighted by atomic mass is 9.84. The summed E-state index contributed by atoms with van der Waals surface area (Å²) in [7, 11) is 0. The number of rotatable bonds is 8. The zero-order valence-corrected chi connectivity index (χ0v) is 17.8. The second-order valence-corrected chi connectivity index (χ2v) is 8.29. The lowest BCUT2D eigenvalue weighted by Gasteiger charge is -2.22. The molecule has 0 unspecified atom stereocenters. The molecular formula is C26H30N4O. The molecule has 0 radical (unpaired) electrons. The van der Waals surface area contributed by atoms with Gasteiger partial charge in [-0.2, -0.15) is 0 Å². The van der Waals surface area contributed by atoms with Crippen molar-refractivity contribution in [3.8, 4) is 0 Å². The summed E-state index contributed by atoms with van der Waals surface area (Å²) in [5, 5.41) is 6.81. The zero-order chi connectivity index (χ0) is 21.5. The smallest absolute Gasteiger partial charge is 0.221 e. The minimum Gasteiger partial charge on any atom is -0.381 e. The molecule has 1 amide bonds. The van der Waals surface area contributed by atoms with Crippen LogP contribution in [0.5, 0.6) is 0 Å². The topological polar surface area (TPSA) is 80.0 Å². The predicted molar refractivity (Wildman–Crippen MR) is 126 cm³/mol. The third-order valence-corrected chi connectivity index (χ3v) is 5.94. The normalized spacial score (nSPS) is 14.2. The number of nitrogens with two attached hydrogens (primary N) is 1. The van der Waals surface area contributed by atoms with Gasteiger partial charge < -0.3 is 16.4 Å². The van der Waals surface area contributed by atoms with Crippen molar-refractivity contribution in [3.05, 3.63) is 83.6 Å². The molecular weight excluding hydrogens is 384 g/mol. The van der Waals surface area contributed by atoms with Crippen LogP contribution >= 0.6 is 0 Å². The van der Waals surface area contributed by atoms with Crippen molar-refractivity contribution in [1.82, 2.24) is 4.98 Å². The van der Waals surface area contributed by atoms with Gasteiger partial charge >= 0.3 is 0 Å². The van der Waals surface area contributed by atoms with Crippen molar-refractivity contribution in [2.75, 3.05) is 10.6 Å². The first kappa shape index (κ1) is 20.9. The van der Waals surface area contributed by atoms with Crippen molar-refractivity contribution in [1.29, 1.82) is 0 Å². The van der Waals surface area contributed by atoms with Crippen LogP contribution in [0.2, 0.25) is 0 Å². The molecule has 1 heterocycles. The van der Waals surface area contributed by atoms with Gasteiger partial charge in [-0.1, -0.05) is 61.7 Å². The third kappa shape index (κ3) is 5.85. The number of primary amides is 1. The molecule has 1 aliphatic rings. The Morgan fingerprint density at radius 2 is 1.74 bits per heavy atom. The van der Waals surface area contributed by atoms with Gasteiger partial charge in [0.15, 0.2) is 0 Å². The van der Waals surface area contributed by atoms with Crippen LogP contribution in [0, 0.1) is 0 Å². The van der Waals surface area contributed by atoms with Gasteiger partial charge in [0, 0.05) is 35.7 Å². The van der Waals surface area contributed by atoms with E-state index in [1.165, 1.54) is 37.7 Å². The van der Waals surface area contributed by atoms with Gasteiger partial charge in [-0.3, -0.25) is 4.79 Å². The first-order valence-corrected chi connectivity index (χ1v) is 11.1. The number of nitrogens with one attached hydrogen (secondary N) is 2. The van der Waals surface area contributed by atoms with Gasteiger partial charge in [0.1, 0.15) is 5.82 Å². The number of anilines is 3. The molecule has 160 valence electrons. The van der Waals surface area contributed by atoms with Crippen LogP contribution in [-0.2, 0) is 17.8 Å². The van der Waals surface area contributed by atoms with E-state index >= 15 is 0 Å². The molecule has 0 saturated heterocycles.